The van der Waals surface area contributed by atoms with Crippen molar-refractivity contribution in [3.05, 3.63) is 158 Å². The van der Waals surface area contributed by atoms with Gasteiger partial charge in [0.2, 0.25) is 0 Å². The zero-order chi connectivity index (χ0) is 70.0. The highest BCUT2D eigenvalue weighted by atomic mass is 16.7. The fraction of sp³-hybridized carbons (Fsp3) is 0.459. The Morgan fingerprint density at radius 3 is 1.35 bits per heavy atom. The fourth-order valence-corrected chi connectivity index (χ4v) is 18.7. The van der Waals surface area contributed by atoms with Crippen LogP contribution in [0, 0.1) is 0 Å². The third-order valence-corrected chi connectivity index (χ3v) is 22.2. The zero-order valence-corrected chi connectivity index (χ0v) is 54.9. The summed E-state index contributed by atoms with van der Waals surface area (Å²) in [6, 6.07) is 9.41. The molecular weight excluding hydrogens is 1280 g/mol. The summed E-state index contributed by atoms with van der Waals surface area (Å²) in [6.45, 7) is 27.7. The zero-order valence-electron chi connectivity index (χ0n) is 54.9. The maximum Gasteiger partial charge on any atom is 0.514 e. The van der Waals surface area contributed by atoms with Crippen LogP contribution in [0.3, 0.4) is 0 Å². The molecule has 15 rings (SSSR count). The van der Waals surface area contributed by atoms with Crippen LogP contribution in [-0.4, -0.2) is 192 Å². The van der Waals surface area contributed by atoms with Gasteiger partial charge in [-0.25, -0.2) is 24.0 Å². The topological polar surface area (TPSA) is 297 Å². The van der Waals surface area contributed by atoms with Crippen molar-refractivity contribution in [2.75, 3.05) is 65.8 Å². The van der Waals surface area contributed by atoms with E-state index in [-0.39, 0.29) is 124 Å². The number of hydrogen-bond acceptors (Lipinski definition) is 23. The van der Waals surface area contributed by atoms with Gasteiger partial charge in [0.15, 0.2) is 75.8 Å². The van der Waals surface area contributed by atoms with E-state index in [1.54, 1.807) is 40.1 Å². The first-order valence-corrected chi connectivity index (χ1v) is 33.3. The van der Waals surface area contributed by atoms with Crippen LogP contribution in [0.15, 0.2) is 125 Å². The summed E-state index contributed by atoms with van der Waals surface area (Å²) in [5, 5.41) is 24.1. The molecule has 12 aliphatic rings. The molecule has 6 bridgehead atoms. The lowest BCUT2D eigenvalue weighted by Crippen LogP contribution is -2.78. The van der Waals surface area contributed by atoms with E-state index in [4.69, 9.17) is 56.8 Å². The molecule has 3 unspecified atom stereocenters. The number of aliphatic hydroxyl groups is 2. The monoisotopic (exact) mass is 1360 g/mol. The number of hydrogen-bond donors (Lipinski definition) is 2. The number of likely N-dealkylation sites (tertiary alicyclic amines) is 3. The molecule has 2 amide bonds. The van der Waals surface area contributed by atoms with Gasteiger partial charge in [-0.2, -0.15) is 0 Å². The van der Waals surface area contributed by atoms with E-state index < -0.39 is 94.1 Å². The maximum atomic E-state index is 13.4. The van der Waals surface area contributed by atoms with Gasteiger partial charge in [-0.15, -0.1) is 6.58 Å². The molecular formula is C74H79N3O22. The number of Topliss-reactive ketones (excluding diaryl/α,β-unsaturated/α-hetero) is 3. The number of ketones is 3. The van der Waals surface area contributed by atoms with E-state index in [1.165, 1.54) is 30.4 Å². The van der Waals surface area contributed by atoms with Gasteiger partial charge in [0.1, 0.15) is 39.6 Å². The Balaban J connectivity index is 0.000000135. The molecule has 522 valence electrons. The van der Waals surface area contributed by atoms with Gasteiger partial charge in [0.05, 0.1) is 39.5 Å². The first-order valence-electron chi connectivity index (χ1n) is 33.3. The van der Waals surface area contributed by atoms with Gasteiger partial charge in [-0.3, -0.25) is 19.3 Å². The lowest BCUT2D eigenvalue weighted by molar-refractivity contribution is -0.191. The summed E-state index contributed by atoms with van der Waals surface area (Å²) < 4.78 is 67.2. The first-order chi connectivity index (χ1) is 47.8. The van der Waals surface area contributed by atoms with Crippen molar-refractivity contribution in [1.29, 1.82) is 0 Å². The van der Waals surface area contributed by atoms with Crippen molar-refractivity contribution < 1.29 is 105 Å². The van der Waals surface area contributed by atoms with Crippen LogP contribution in [0.25, 0.3) is 0 Å². The van der Waals surface area contributed by atoms with Crippen molar-refractivity contribution in [3.8, 4) is 34.5 Å². The van der Waals surface area contributed by atoms with Crippen LogP contribution in [0.4, 0.5) is 24.0 Å². The molecule has 99 heavy (non-hydrogen) atoms. The first kappa shape index (κ1) is 67.8. The Bertz CT molecular complexity index is 3960. The molecule has 25 nitrogen and oxygen atoms in total. The number of amides is 2. The van der Waals surface area contributed by atoms with E-state index >= 15 is 0 Å². The highest BCUT2D eigenvalue weighted by molar-refractivity contribution is 5.93. The molecule has 6 aliphatic heterocycles. The summed E-state index contributed by atoms with van der Waals surface area (Å²) in [5.41, 5.74) is -1.48. The molecule has 3 aromatic rings. The lowest BCUT2D eigenvalue weighted by Gasteiger charge is -2.62. The molecule has 6 aliphatic carbocycles. The number of carbonyl (C=O) groups is 8. The second-order valence-corrected chi connectivity index (χ2v) is 26.6. The van der Waals surface area contributed by atoms with Crippen LogP contribution in [0.2, 0.25) is 0 Å². The van der Waals surface area contributed by atoms with E-state index in [1.807, 2.05) is 12.1 Å². The SMILES string of the molecule is C=CCOC(=O)Oc1ccc2c3c1O[C@H]1C(=O)CCC4(O)[C@@H](C2)N(C(=O)OCC=C)CC[C@]314.C=CCOC(=O)Oc1ccc2c3c1O[C@H]1C(=O)CCC4(OC(=O)OCC=C)[C@@H](C2)N(C(=O)OCC=C)CC[C@]314.C=CCOc1ccc2c3c1O[C@H]1C(=O)CCC4(O)[C@@H](C2)N(CC=C)CC[C@]314. The average molecular weight is 1360 g/mol. The summed E-state index contributed by atoms with van der Waals surface area (Å²) in [4.78, 5) is 108. The van der Waals surface area contributed by atoms with Gasteiger partial charge in [0.25, 0.3) is 0 Å². The van der Waals surface area contributed by atoms with Gasteiger partial charge in [0, 0.05) is 68.2 Å². The van der Waals surface area contributed by atoms with E-state index in [9.17, 15) is 48.6 Å². The largest absolute Gasteiger partial charge is 0.514 e. The normalized spacial score (nSPS) is 30.7. The molecule has 25 heteroatoms. The molecule has 3 spiro atoms. The quantitative estimate of drug-likeness (QED) is 0.0523. The Morgan fingerprint density at radius 1 is 0.455 bits per heavy atom. The Labute approximate surface area is 571 Å². The lowest BCUT2D eigenvalue weighted by atomic mass is 9.49. The minimum Gasteiger partial charge on any atom is -0.486 e. The molecule has 6 fully saturated rings. The molecule has 3 saturated carbocycles. The third-order valence-electron chi connectivity index (χ3n) is 22.2. The molecule has 2 N–H and O–H groups in total. The number of rotatable bonds is 18. The standard InChI is InChI=1S/C28H29NO10.C24H25NO8.C22H25NO4/c1-4-13-34-24(31)29-12-11-27-21-17-7-8-19(37-25(32)35-14-5-2)22(21)38-23(27)18(30)9-10-28(27,20(29)16-17)39-26(33)36-15-6-3;1-3-11-30-21(27)25-10-9-23-18-14-5-6-16(32-22(28)31-12-4-2)19(18)33-20(23)15(26)7-8-24(23,29)17(25)13-14;1-3-10-23-11-9-21-18-14-5-6-16(26-12-4-2)19(18)27-20(21)15(24)7-8-22(21,25)17(23)13-14/h4-8,20,23H,1-3,9-16H2;3-6,17,20,29H,1-2,7-13H2;3-6,17,20,25H,1-2,7-13H2/t20-,23+,27+,28?;17-,20+,23+,24?;17-,20+,21+,22?/m111/s1. The summed E-state index contributed by atoms with van der Waals surface area (Å²) in [6.07, 6.45) is 8.21. The maximum absolute atomic E-state index is 13.4. The summed E-state index contributed by atoms with van der Waals surface area (Å²) >= 11 is 0. The van der Waals surface area contributed by atoms with E-state index in [0.29, 0.717) is 67.9 Å². The Hall–Kier alpha value is -9.72. The summed E-state index contributed by atoms with van der Waals surface area (Å²) in [5.74, 6) is 1.80. The number of carbonyl (C=O) groups excluding carboxylic acids is 8. The highest BCUT2D eigenvalue weighted by Gasteiger charge is 2.78. The Morgan fingerprint density at radius 2 is 0.848 bits per heavy atom. The van der Waals surface area contributed by atoms with Crippen molar-refractivity contribution >= 4 is 48.0 Å². The van der Waals surface area contributed by atoms with Crippen molar-refractivity contribution in [3.63, 3.8) is 0 Å². The van der Waals surface area contributed by atoms with Crippen LogP contribution in [0.5, 0.6) is 34.5 Å². The van der Waals surface area contributed by atoms with Crippen molar-refractivity contribution in [2.45, 2.75) is 147 Å². The predicted octanol–water partition coefficient (Wildman–Crippen LogP) is 8.38. The Kier molecular flexibility index (Phi) is 17.9. The van der Waals surface area contributed by atoms with Gasteiger partial charge in [-0.05, 0) is 92.7 Å². The van der Waals surface area contributed by atoms with Gasteiger partial charge < -0.3 is 76.9 Å². The van der Waals surface area contributed by atoms with E-state index in [2.05, 4.69) is 57.0 Å². The molecule has 6 heterocycles. The number of ether oxygens (including phenoxy) is 12. The van der Waals surface area contributed by atoms with Gasteiger partial charge in [-0.1, -0.05) is 100 Å². The third kappa shape index (κ3) is 10.2. The average Bonchev–Trinajstić information content (AvgIpc) is 1.62. The smallest absolute Gasteiger partial charge is 0.486 e. The minimum absolute atomic E-state index is 0.00969. The van der Waals surface area contributed by atoms with Crippen LogP contribution in [-0.2, 0) is 78.3 Å². The highest BCUT2D eigenvalue weighted by Crippen LogP contribution is 2.69. The molecule has 0 aromatic heterocycles. The fourth-order valence-electron chi connectivity index (χ4n) is 18.7. The van der Waals surface area contributed by atoms with Gasteiger partial charge >= 0.3 is 30.7 Å². The van der Waals surface area contributed by atoms with Crippen LogP contribution in [0.1, 0.15) is 91.2 Å². The number of piperidine rings is 3. The molecule has 12 atom stereocenters. The minimum atomic E-state index is -1.39. The number of benzene rings is 3. The number of nitrogens with zero attached hydrogens (tertiary/aromatic N) is 3. The van der Waals surface area contributed by atoms with Crippen molar-refractivity contribution in [2.24, 2.45) is 0 Å². The summed E-state index contributed by atoms with van der Waals surface area (Å²) in [7, 11) is 0. The second-order valence-electron chi connectivity index (χ2n) is 26.6. The van der Waals surface area contributed by atoms with Crippen molar-refractivity contribution in [1.82, 2.24) is 14.7 Å². The second kappa shape index (κ2) is 26.2. The molecule has 3 saturated heterocycles. The van der Waals surface area contributed by atoms with E-state index in [0.717, 1.165) is 41.8 Å². The predicted molar refractivity (Wildman–Crippen MR) is 350 cm³/mol. The van der Waals surface area contributed by atoms with Crippen LogP contribution >= 0.6 is 0 Å². The molecule has 0 radical (unpaired) electrons. The van der Waals surface area contributed by atoms with Crippen LogP contribution < -0.4 is 28.4 Å². The molecule has 3 aromatic carbocycles.